The van der Waals surface area contributed by atoms with E-state index in [1.807, 2.05) is 0 Å². The van der Waals surface area contributed by atoms with Crippen LogP contribution in [0, 0.1) is 0 Å². The number of allylic oxidation sites excluding steroid dienone is 10. The van der Waals surface area contributed by atoms with Crippen molar-refractivity contribution in [3.05, 3.63) is 60.8 Å². The quantitative estimate of drug-likeness (QED) is 0.0322. The predicted molar refractivity (Wildman–Crippen MR) is 264 cm³/mol. The van der Waals surface area contributed by atoms with Crippen molar-refractivity contribution in [2.24, 2.45) is 0 Å². The number of aliphatic hydroxyl groups excluding tert-OH is 2. The Hall–Kier alpha value is -2.44. The summed E-state index contributed by atoms with van der Waals surface area (Å²) in [6.07, 6.45) is 59.9. The van der Waals surface area contributed by atoms with Gasteiger partial charge in [-0.2, -0.15) is 0 Å². The van der Waals surface area contributed by atoms with Gasteiger partial charge < -0.3 is 20.3 Å². The highest BCUT2D eigenvalue weighted by Crippen LogP contribution is 2.17. The number of amides is 1. The van der Waals surface area contributed by atoms with Crippen molar-refractivity contribution in [2.45, 2.75) is 270 Å². The number of esters is 1. The van der Waals surface area contributed by atoms with Gasteiger partial charge in [0.25, 0.3) is 0 Å². The second-order valence-electron chi connectivity index (χ2n) is 17.6. The first-order valence-electron chi connectivity index (χ1n) is 26.1. The smallest absolute Gasteiger partial charge is 0.306 e. The van der Waals surface area contributed by atoms with Crippen molar-refractivity contribution < 1.29 is 24.5 Å². The van der Waals surface area contributed by atoms with E-state index >= 15 is 0 Å². The molecular weight excluding hydrogens is 755 g/mol. The van der Waals surface area contributed by atoms with Crippen molar-refractivity contribution in [2.75, 3.05) is 6.61 Å². The average Bonchev–Trinajstić information content (AvgIpc) is 3.25. The van der Waals surface area contributed by atoms with Gasteiger partial charge in [-0.3, -0.25) is 9.59 Å². The summed E-state index contributed by atoms with van der Waals surface area (Å²) in [5.41, 5.74) is 0. The van der Waals surface area contributed by atoms with Crippen LogP contribution >= 0.6 is 0 Å². The first-order valence-corrected chi connectivity index (χ1v) is 26.1. The first-order chi connectivity index (χ1) is 30.0. The average molecular weight is 854 g/mol. The Morgan fingerprint density at radius 2 is 0.885 bits per heavy atom. The molecule has 3 unspecified atom stereocenters. The van der Waals surface area contributed by atoms with Gasteiger partial charge in [0.1, 0.15) is 6.10 Å². The number of unbranched alkanes of at least 4 members (excludes halogenated alkanes) is 27. The SMILES string of the molecule is CC/C=C/C=C/C=C/CCCCCCCC(CC(=O)NC(CO)C(O)CCCCCCCCCCCCCCC)OC(=O)CCCCC/C=C/C=C/CCCCCCCCC. The highest BCUT2D eigenvalue weighted by atomic mass is 16.5. The lowest BCUT2D eigenvalue weighted by molar-refractivity contribution is -0.151. The van der Waals surface area contributed by atoms with Gasteiger partial charge in [-0.05, 0) is 70.6 Å². The van der Waals surface area contributed by atoms with E-state index in [1.54, 1.807) is 0 Å². The van der Waals surface area contributed by atoms with Crippen LogP contribution in [-0.4, -0.2) is 46.9 Å². The zero-order valence-electron chi connectivity index (χ0n) is 40.3. The molecule has 0 aliphatic heterocycles. The second kappa shape index (κ2) is 48.6. The van der Waals surface area contributed by atoms with Crippen LogP contribution in [0.2, 0.25) is 0 Å². The summed E-state index contributed by atoms with van der Waals surface area (Å²) in [6.45, 7) is 6.34. The molecule has 3 N–H and O–H groups in total. The van der Waals surface area contributed by atoms with Gasteiger partial charge in [-0.15, -0.1) is 0 Å². The molecule has 0 aromatic rings. The fraction of sp³-hybridized carbons (Fsp3) is 0.782. The molecule has 0 aromatic carbocycles. The number of hydrogen-bond donors (Lipinski definition) is 3. The number of ether oxygens (including phenoxy) is 1. The normalized spacial score (nSPS) is 13.7. The Morgan fingerprint density at radius 3 is 1.34 bits per heavy atom. The Bertz CT molecular complexity index is 1090. The molecule has 6 nitrogen and oxygen atoms in total. The van der Waals surface area contributed by atoms with E-state index < -0.39 is 18.2 Å². The standard InChI is InChI=1S/C55H99NO5/c1-4-7-10-13-16-19-22-25-26-27-30-33-36-39-42-45-48-55(60)61-51(46-43-40-37-34-31-28-23-20-17-14-11-8-5-2)49-54(59)56-52(50-57)53(58)47-44-41-38-35-32-29-24-21-18-15-12-9-6-3/h8,11,14,17,20,23,26-27,30,33,51-53,57-58H,4-7,9-10,12-13,15-16,18-19,21-22,24-25,28-29,31-32,34-50H2,1-3H3,(H,56,59)/b11-8+,17-14+,23-20+,27-26+,33-30+. The topological polar surface area (TPSA) is 95.9 Å². The molecule has 1 amide bonds. The Balaban J connectivity index is 4.63. The minimum Gasteiger partial charge on any atom is -0.462 e. The molecule has 0 heterocycles. The van der Waals surface area contributed by atoms with Crippen LogP contribution in [0.5, 0.6) is 0 Å². The van der Waals surface area contributed by atoms with Gasteiger partial charge in [0.05, 0.1) is 25.2 Å². The van der Waals surface area contributed by atoms with Crippen molar-refractivity contribution in [3.63, 3.8) is 0 Å². The number of carbonyl (C=O) groups excluding carboxylic acids is 2. The monoisotopic (exact) mass is 854 g/mol. The van der Waals surface area contributed by atoms with Gasteiger partial charge >= 0.3 is 5.97 Å². The lowest BCUT2D eigenvalue weighted by atomic mass is 10.0. The first kappa shape index (κ1) is 58.6. The van der Waals surface area contributed by atoms with Crippen LogP contribution in [0.1, 0.15) is 252 Å². The van der Waals surface area contributed by atoms with Gasteiger partial charge in [0.15, 0.2) is 0 Å². The minimum absolute atomic E-state index is 0.0523. The molecule has 0 aliphatic rings. The summed E-state index contributed by atoms with van der Waals surface area (Å²) in [7, 11) is 0. The van der Waals surface area contributed by atoms with E-state index in [0.29, 0.717) is 19.3 Å². The van der Waals surface area contributed by atoms with Crippen LogP contribution < -0.4 is 5.32 Å². The molecule has 0 aromatic heterocycles. The van der Waals surface area contributed by atoms with E-state index in [2.05, 4.69) is 86.8 Å². The number of aliphatic hydroxyl groups is 2. The molecule has 0 fully saturated rings. The third kappa shape index (κ3) is 44.0. The molecule has 0 saturated carbocycles. The highest BCUT2D eigenvalue weighted by molar-refractivity contribution is 5.77. The third-order valence-electron chi connectivity index (χ3n) is 11.7. The summed E-state index contributed by atoms with van der Waals surface area (Å²) in [4.78, 5) is 26.1. The third-order valence-corrected chi connectivity index (χ3v) is 11.7. The molecule has 61 heavy (non-hydrogen) atoms. The molecule has 0 bridgehead atoms. The van der Waals surface area contributed by atoms with Crippen LogP contribution in [0.3, 0.4) is 0 Å². The summed E-state index contributed by atoms with van der Waals surface area (Å²) in [6, 6.07) is -0.715. The summed E-state index contributed by atoms with van der Waals surface area (Å²) < 4.78 is 5.91. The van der Waals surface area contributed by atoms with E-state index in [0.717, 1.165) is 96.3 Å². The van der Waals surface area contributed by atoms with Crippen LogP contribution in [0.4, 0.5) is 0 Å². The van der Waals surface area contributed by atoms with Crippen molar-refractivity contribution >= 4 is 11.9 Å². The molecule has 0 radical (unpaired) electrons. The van der Waals surface area contributed by atoms with Gasteiger partial charge in [-0.1, -0.05) is 229 Å². The number of rotatable bonds is 46. The largest absolute Gasteiger partial charge is 0.462 e. The van der Waals surface area contributed by atoms with Gasteiger partial charge in [0, 0.05) is 6.42 Å². The molecular formula is C55H99NO5. The van der Waals surface area contributed by atoms with Gasteiger partial charge in [0.2, 0.25) is 5.91 Å². The van der Waals surface area contributed by atoms with E-state index in [1.165, 1.54) is 109 Å². The molecule has 0 saturated heterocycles. The fourth-order valence-electron chi connectivity index (χ4n) is 7.72. The fourth-order valence-corrected chi connectivity index (χ4v) is 7.72. The van der Waals surface area contributed by atoms with E-state index in [4.69, 9.17) is 4.74 Å². The van der Waals surface area contributed by atoms with Crippen molar-refractivity contribution in [3.8, 4) is 0 Å². The molecule has 0 aliphatic carbocycles. The molecule has 6 heteroatoms. The lowest BCUT2D eigenvalue weighted by Crippen LogP contribution is -2.46. The second-order valence-corrected chi connectivity index (χ2v) is 17.6. The Labute approximate surface area is 378 Å². The Kier molecular flexibility index (Phi) is 46.6. The maximum absolute atomic E-state index is 13.2. The number of nitrogens with one attached hydrogen (secondary N) is 1. The van der Waals surface area contributed by atoms with Crippen LogP contribution in [-0.2, 0) is 14.3 Å². The summed E-state index contributed by atoms with van der Waals surface area (Å²) in [5, 5.41) is 23.8. The number of hydrogen-bond acceptors (Lipinski definition) is 5. The minimum atomic E-state index is -0.799. The molecule has 0 rings (SSSR count). The van der Waals surface area contributed by atoms with Crippen LogP contribution in [0.15, 0.2) is 60.8 Å². The maximum atomic E-state index is 13.2. The van der Waals surface area contributed by atoms with Crippen molar-refractivity contribution in [1.29, 1.82) is 0 Å². The van der Waals surface area contributed by atoms with Gasteiger partial charge in [-0.25, -0.2) is 0 Å². The molecule has 3 atom stereocenters. The maximum Gasteiger partial charge on any atom is 0.306 e. The Morgan fingerprint density at radius 1 is 0.492 bits per heavy atom. The van der Waals surface area contributed by atoms with E-state index in [-0.39, 0.29) is 24.9 Å². The molecule has 0 spiro atoms. The predicted octanol–water partition coefficient (Wildman–Crippen LogP) is 15.6. The van der Waals surface area contributed by atoms with E-state index in [9.17, 15) is 19.8 Å². The summed E-state index contributed by atoms with van der Waals surface area (Å²) >= 11 is 0. The van der Waals surface area contributed by atoms with Crippen LogP contribution in [0.25, 0.3) is 0 Å². The zero-order valence-corrected chi connectivity index (χ0v) is 40.3. The lowest BCUT2D eigenvalue weighted by Gasteiger charge is -2.24. The highest BCUT2D eigenvalue weighted by Gasteiger charge is 2.24. The molecule has 354 valence electrons. The number of carbonyl (C=O) groups is 2. The summed E-state index contributed by atoms with van der Waals surface area (Å²) in [5.74, 6) is -0.524. The van der Waals surface area contributed by atoms with Crippen molar-refractivity contribution in [1.82, 2.24) is 5.32 Å². The zero-order chi connectivity index (χ0) is 44.5.